The molecule has 0 fully saturated rings. The summed E-state index contributed by atoms with van der Waals surface area (Å²) in [6.07, 6.45) is 0. The van der Waals surface area contributed by atoms with Crippen molar-refractivity contribution >= 4 is 65.4 Å². The van der Waals surface area contributed by atoms with Gasteiger partial charge in [-0.25, -0.2) is 4.98 Å². The van der Waals surface area contributed by atoms with E-state index in [2.05, 4.69) is 357 Å². The van der Waals surface area contributed by atoms with Gasteiger partial charge < -0.3 is 9.13 Å². The van der Waals surface area contributed by atoms with Gasteiger partial charge in [-0.05, 0) is 162 Å². The van der Waals surface area contributed by atoms with Crippen molar-refractivity contribution < 1.29 is 0 Å². The van der Waals surface area contributed by atoms with E-state index in [0.717, 1.165) is 99.8 Å². The molecule has 0 radical (unpaired) electrons. The number of fused-ring (bicyclic) bond motifs is 15. The number of hydrogen-bond acceptors (Lipinski definition) is 3. The number of aromatic nitrogens is 6. The minimum atomic E-state index is -0.145. The standard InChI is InChI=1S/C93H64N6/c1-92(2)79-27-15-11-23-69(79)71-47-43-67(55-81(71)92)97-83-29-17-13-25-73(83)75-45-39-65(53-87(75)97)63-41-49-85-77(51-63)78-52-64(66-40-46-76-74-26-14-18-30-84(74)98(88(76)54-66)68-44-48-72-70-24-12-16-28-80(70)93(3,4)82(72)56-68)42-50-86(78)99(85)91-95-89(61-35-31-59(32-36-61)57-19-7-5-8-20-57)94-90(96-91)62-37-33-60(34-38-62)58-21-9-6-10-22-58/h5-56H,1-4H3. The van der Waals surface area contributed by atoms with E-state index in [1.807, 2.05) is 0 Å². The zero-order valence-corrected chi connectivity index (χ0v) is 55.2. The second kappa shape index (κ2) is 21.5. The molecule has 0 spiro atoms. The van der Waals surface area contributed by atoms with Gasteiger partial charge in [0.25, 0.3) is 0 Å². The highest BCUT2D eigenvalue weighted by molar-refractivity contribution is 6.14. The Kier molecular flexibility index (Phi) is 12.3. The van der Waals surface area contributed by atoms with Crippen LogP contribution in [0.25, 0.3) is 172 Å². The summed E-state index contributed by atoms with van der Waals surface area (Å²) in [5.74, 6) is 1.71. The molecule has 4 heterocycles. The summed E-state index contributed by atoms with van der Waals surface area (Å²) in [7, 11) is 0. The van der Waals surface area contributed by atoms with Gasteiger partial charge in [0.1, 0.15) is 0 Å². The summed E-state index contributed by atoms with van der Waals surface area (Å²) >= 11 is 0. The predicted molar refractivity (Wildman–Crippen MR) is 411 cm³/mol. The van der Waals surface area contributed by atoms with Crippen molar-refractivity contribution in [2.24, 2.45) is 0 Å². The van der Waals surface area contributed by atoms with Crippen LogP contribution < -0.4 is 0 Å². The van der Waals surface area contributed by atoms with Gasteiger partial charge in [0.05, 0.1) is 33.1 Å². The summed E-state index contributed by atoms with van der Waals surface area (Å²) in [6, 6.07) is 116. The Bertz CT molecular complexity index is 6000. The van der Waals surface area contributed by atoms with Crippen molar-refractivity contribution in [1.29, 1.82) is 0 Å². The van der Waals surface area contributed by atoms with Crippen LogP contribution in [0.2, 0.25) is 0 Å². The molecular weight excluding hydrogens is 1200 g/mol. The van der Waals surface area contributed by atoms with E-state index >= 15 is 0 Å². The van der Waals surface area contributed by atoms with Gasteiger partial charge in [-0.2, -0.15) is 9.97 Å². The van der Waals surface area contributed by atoms with Crippen LogP contribution in [0.5, 0.6) is 0 Å². The molecule has 0 amide bonds. The maximum absolute atomic E-state index is 5.51. The highest BCUT2D eigenvalue weighted by Crippen LogP contribution is 2.52. The number of hydrogen-bond donors (Lipinski definition) is 0. The molecule has 0 atom stereocenters. The van der Waals surface area contributed by atoms with Crippen molar-refractivity contribution in [2.75, 3.05) is 0 Å². The van der Waals surface area contributed by atoms with Crippen LogP contribution in [0.15, 0.2) is 315 Å². The van der Waals surface area contributed by atoms with Crippen LogP contribution in [0, 0.1) is 0 Å². The lowest BCUT2D eigenvalue weighted by molar-refractivity contribution is 0.660. The van der Waals surface area contributed by atoms with Gasteiger partial charge in [0, 0.05) is 65.6 Å². The Morgan fingerprint density at radius 3 is 1.00 bits per heavy atom. The van der Waals surface area contributed by atoms with Crippen LogP contribution >= 0.6 is 0 Å². The van der Waals surface area contributed by atoms with Gasteiger partial charge in [0.2, 0.25) is 5.95 Å². The number of rotatable bonds is 9. The molecule has 18 aromatic rings. The van der Waals surface area contributed by atoms with E-state index in [-0.39, 0.29) is 10.8 Å². The fourth-order valence-electron chi connectivity index (χ4n) is 16.7. The Balaban J connectivity index is 0.785. The van der Waals surface area contributed by atoms with Gasteiger partial charge >= 0.3 is 0 Å². The quantitative estimate of drug-likeness (QED) is 0.145. The second-order valence-electron chi connectivity index (χ2n) is 27.9. The number of nitrogens with zero attached hydrogens (tertiary/aromatic N) is 6. The number of benzene rings is 14. The van der Waals surface area contributed by atoms with Crippen molar-refractivity contribution in [3.05, 3.63) is 338 Å². The Hall–Kier alpha value is -12.5. The molecule has 0 saturated heterocycles. The van der Waals surface area contributed by atoms with Crippen molar-refractivity contribution in [2.45, 2.75) is 38.5 Å². The average molecular weight is 1270 g/mol. The summed E-state index contributed by atoms with van der Waals surface area (Å²) in [6.45, 7) is 9.46. The molecule has 0 N–H and O–H groups in total. The molecule has 6 heteroatoms. The van der Waals surface area contributed by atoms with Gasteiger partial charge in [-0.3, -0.25) is 4.57 Å². The molecule has 2 aliphatic carbocycles. The van der Waals surface area contributed by atoms with Crippen molar-refractivity contribution in [1.82, 2.24) is 28.7 Å². The van der Waals surface area contributed by atoms with Crippen molar-refractivity contribution in [3.8, 4) is 107 Å². The van der Waals surface area contributed by atoms with Crippen LogP contribution in [-0.4, -0.2) is 28.7 Å². The monoisotopic (exact) mass is 1260 g/mol. The predicted octanol–water partition coefficient (Wildman–Crippen LogP) is 23.8. The highest BCUT2D eigenvalue weighted by atomic mass is 15.2. The average Bonchev–Trinajstić information content (AvgIpc) is 1.58. The third-order valence-electron chi connectivity index (χ3n) is 21.8. The van der Waals surface area contributed by atoms with Gasteiger partial charge in [-0.1, -0.05) is 270 Å². The molecule has 14 aromatic carbocycles. The minimum absolute atomic E-state index is 0.145. The van der Waals surface area contributed by atoms with E-state index < -0.39 is 0 Å². The first-order chi connectivity index (χ1) is 48.6. The lowest BCUT2D eigenvalue weighted by Crippen LogP contribution is -2.15. The van der Waals surface area contributed by atoms with Crippen molar-refractivity contribution in [3.63, 3.8) is 0 Å². The summed E-state index contributed by atoms with van der Waals surface area (Å²) in [5, 5.41) is 7.06. The third-order valence-corrected chi connectivity index (χ3v) is 21.8. The lowest BCUT2D eigenvalue weighted by atomic mass is 9.82. The SMILES string of the molecule is CC1(C)c2ccccc2-c2ccc(-n3c4ccccc4c4ccc(-c5ccc6c(c5)c5cc(-c7ccc8c9ccccc9n(-c9ccc%10c(c9)C(C)(C)c9ccccc9-%10)c8c7)ccc5n6-c5nc(-c6ccc(-c7ccccc7)cc6)nc(-c6ccc(-c7ccccc7)cc6)n5)cc43)cc21. The fraction of sp³-hybridized carbons (Fsp3) is 0.0645. The Morgan fingerprint density at radius 1 is 0.212 bits per heavy atom. The molecule has 0 unspecified atom stereocenters. The van der Waals surface area contributed by atoms with E-state index in [9.17, 15) is 0 Å². The van der Waals surface area contributed by atoms with Gasteiger partial charge in [0.15, 0.2) is 11.6 Å². The Morgan fingerprint density at radius 2 is 0.545 bits per heavy atom. The van der Waals surface area contributed by atoms with Crippen LogP contribution in [0.1, 0.15) is 49.9 Å². The molecule has 99 heavy (non-hydrogen) atoms. The van der Waals surface area contributed by atoms with Gasteiger partial charge in [-0.15, -0.1) is 0 Å². The molecule has 6 nitrogen and oxygen atoms in total. The maximum atomic E-state index is 5.51. The van der Waals surface area contributed by atoms with E-state index in [4.69, 9.17) is 15.0 Å². The molecule has 0 saturated carbocycles. The molecular formula is C93H64N6. The normalized spacial score (nSPS) is 13.4. The summed E-state index contributed by atoms with van der Waals surface area (Å²) in [4.78, 5) is 16.3. The minimum Gasteiger partial charge on any atom is -0.309 e. The number of para-hydroxylation sites is 2. The molecule has 4 aromatic heterocycles. The molecule has 20 rings (SSSR count). The largest absolute Gasteiger partial charge is 0.309 e. The van der Waals surface area contributed by atoms with Crippen LogP contribution in [-0.2, 0) is 10.8 Å². The van der Waals surface area contributed by atoms with Crippen LogP contribution in [0.4, 0.5) is 0 Å². The lowest BCUT2D eigenvalue weighted by Gasteiger charge is -2.22. The summed E-state index contributed by atoms with van der Waals surface area (Å²) in [5.41, 5.74) is 30.2. The molecule has 0 bridgehead atoms. The highest BCUT2D eigenvalue weighted by Gasteiger charge is 2.37. The summed E-state index contributed by atoms with van der Waals surface area (Å²) < 4.78 is 7.21. The zero-order chi connectivity index (χ0) is 65.8. The first kappa shape index (κ1) is 56.8. The topological polar surface area (TPSA) is 53.5 Å². The third kappa shape index (κ3) is 8.72. The van der Waals surface area contributed by atoms with E-state index in [1.54, 1.807) is 0 Å². The van der Waals surface area contributed by atoms with E-state index in [0.29, 0.717) is 17.6 Å². The first-order valence-electron chi connectivity index (χ1n) is 34.3. The first-order valence-corrected chi connectivity index (χ1v) is 34.3. The van der Waals surface area contributed by atoms with Crippen LogP contribution in [0.3, 0.4) is 0 Å². The van der Waals surface area contributed by atoms with E-state index in [1.165, 1.54) is 77.1 Å². The molecule has 2 aliphatic rings. The smallest absolute Gasteiger partial charge is 0.238 e. The molecule has 0 aliphatic heterocycles. The maximum Gasteiger partial charge on any atom is 0.238 e. The molecule has 466 valence electrons. The fourth-order valence-corrected chi connectivity index (χ4v) is 16.7. The second-order valence-corrected chi connectivity index (χ2v) is 27.9. The zero-order valence-electron chi connectivity index (χ0n) is 55.2. The Labute approximate surface area is 573 Å².